The number of aromatic nitrogens is 2. The zero-order chi connectivity index (χ0) is 14.0. The van der Waals surface area contributed by atoms with Crippen molar-refractivity contribution in [3.63, 3.8) is 0 Å². The number of hydrogen-bond acceptors (Lipinski definition) is 3. The first-order valence-corrected chi connectivity index (χ1v) is 5.69. The van der Waals surface area contributed by atoms with Gasteiger partial charge in [-0.2, -0.15) is 18.2 Å². The van der Waals surface area contributed by atoms with Crippen molar-refractivity contribution < 1.29 is 22.3 Å². The van der Waals surface area contributed by atoms with E-state index in [1.54, 1.807) is 0 Å². The summed E-state index contributed by atoms with van der Waals surface area (Å²) in [5.41, 5.74) is -1.11. The molecule has 0 saturated heterocycles. The highest BCUT2D eigenvalue weighted by Crippen LogP contribution is 2.29. The third kappa shape index (κ3) is 3.40. The van der Waals surface area contributed by atoms with Crippen molar-refractivity contribution in [2.75, 3.05) is 0 Å². The van der Waals surface area contributed by atoms with Gasteiger partial charge in [-0.25, -0.2) is 9.37 Å². The SMILES string of the molecule is Fc1ccc(Oc2nccc(C(F)(F)F)n2)cc1Br. The Morgan fingerprint density at radius 2 is 1.89 bits per heavy atom. The molecule has 0 amide bonds. The molecule has 0 radical (unpaired) electrons. The summed E-state index contributed by atoms with van der Waals surface area (Å²) in [5, 5.41) is 0. The van der Waals surface area contributed by atoms with Crippen LogP contribution in [0.15, 0.2) is 34.9 Å². The van der Waals surface area contributed by atoms with E-state index >= 15 is 0 Å². The van der Waals surface area contributed by atoms with Gasteiger partial charge >= 0.3 is 12.2 Å². The summed E-state index contributed by atoms with van der Waals surface area (Å²) >= 11 is 2.93. The molecule has 1 aromatic carbocycles. The van der Waals surface area contributed by atoms with Crippen LogP contribution in [0, 0.1) is 5.82 Å². The number of halogens is 5. The normalized spacial score (nSPS) is 11.4. The van der Waals surface area contributed by atoms with Gasteiger partial charge in [-0.15, -0.1) is 0 Å². The lowest BCUT2D eigenvalue weighted by Gasteiger charge is -2.08. The smallest absolute Gasteiger partial charge is 0.424 e. The van der Waals surface area contributed by atoms with Gasteiger partial charge in [-0.1, -0.05) is 0 Å². The first-order valence-electron chi connectivity index (χ1n) is 4.89. The first-order chi connectivity index (χ1) is 8.86. The monoisotopic (exact) mass is 336 g/mol. The number of rotatable bonds is 2. The molecule has 0 aliphatic heterocycles. The Hall–Kier alpha value is -1.70. The van der Waals surface area contributed by atoms with Crippen LogP contribution in [0.3, 0.4) is 0 Å². The molecule has 19 heavy (non-hydrogen) atoms. The standard InChI is InChI=1S/C11H5BrF4N2O/c12-7-5-6(1-2-8(7)13)19-10-17-4-3-9(18-10)11(14,15)16/h1-5H. The van der Waals surface area contributed by atoms with E-state index in [4.69, 9.17) is 4.74 Å². The lowest BCUT2D eigenvalue weighted by molar-refractivity contribution is -0.141. The van der Waals surface area contributed by atoms with Crippen LogP contribution in [0.25, 0.3) is 0 Å². The Labute approximate surface area is 113 Å². The minimum Gasteiger partial charge on any atom is -0.424 e. The highest BCUT2D eigenvalue weighted by molar-refractivity contribution is 9.10. The van der Waals surface area contributed by atoms with Crippen molar-refractivity contribution >= 4 is 15.9 Å². The molecule has 0 saturated carbocycles. The van der Waals surface area contributed by atoms with Gasteiger partial charge in [0.15, 0.2) is 5.69 Å². The van der Waals surface area contributed by atoms with E-state index in [1.165, 1.54) is 12.1 Å². The lowest BCUT2D eigenvalue weighted by atomic mass is 10.3. The zero-order valence-corrected chi connectivity index (χ0v) is 10.7. The van der Waals surface area contributed by atoms with E-state index in [0.29, 0.717) is 0 Å². The Bertz CT molecular complexity index is 603. The lowest BCUT2D eigenvalue weighted by Crippen LogP contribution is -2.08. The van der Waals surface area contributed by atoms with Crippen molar-refractivity contribution in [2.45, 2.75) is 6.18 Å². The third-order valence-electron chi connectivity index (χ3n) is 2.02. The molecular formula is C11H5BrF4N2O. The van der Waals surface area contributed by atoms with E-state index in [2.05, 4.69) is 25.9 Å². The Kier molecular flexibility index (Phi) is 3.70. The molecule has 1 aromatic heterocycles. The van der Waals surface area contributed by atoms with Crippen molar-refractivity contribution in [1.82, 2.24) is 9.97 Å². The van der Waals surface area contributed by atoms with Crippen LogP contribution >= 0.6 is 15.9 Å². The van der Waals surface area contributed by atoms with Crippen LogP contribution in [0.1, 0.15) is 5.69 Å². The summed E-state index contributed by atoms with van der Waals surface area (Å²) in [6.07, 6.45) is -3.64. The Morgan fingerprint density at radius 3 is 2.53 bits per heavy atom. The minimum atomic E-state index is -4.58. The van der Waals surface area contributed by atoms with E-state index in [-0.39, 0.29) is 10.2 Å². The Morgan fingerprint density at radius 1 is 1.16 bits per heavy atom. The average molecular weight is 337 g/mol. The maximum atomic E-state index is 13.0. The van der Waals surface area contributed by atoms with Gasteiger partial charge in [0.2, 0.25) is 0 Å². The highest BCUT2D eigenvalue weighted by atomic mass is 79.9. The van der Waals surface area contributed by atoms with E-state index in [9.17, 15) is 17.6 Å². The molecule has 2 aromatic rings. The van der Waals surface area contributed by atoms with Crippen LogP contribution in [-0.2, 0) is 6.18 Å². The second-order valence-corrected chi connectivity index (χ2v) is 4.25. The first kappa shape index (κ1) is 13.7. The van der Waals surface area contributed by atoms with Crippen LogP contribution in [0.2, 0.25) is 0 Å². The molecule has 0 aliphatic rings. The number of benzene rings is 1. The van der Waals surface area contributed by atoms with Gasteiger partial charge in [-0.3, -0.25) is 0 Å². The molecule has 8 heteroatoms. The molecule has 0 N–H and O–H groups in total. The predicted octanol–water partition coefficient (Wildman–Crippen LogP) is 4.19. The third-order valence-corrected chi connectivity index (χ3v) is 2.63. The minimum absolute atomic E-state index is 0.118. The number of alkyl halides is 3. The van der Waals surface area contributed by atoms with Crippen molar-refractivity contribution in [1.29, 1.82) is 0 Å². The van der Waals surface area contributed by atoms with Gasteiger partial charge in [0.25, 0.3) is 0 Å². The molecule has 0 unspecified atom stereocenters. The van der Waals surface area contributed by atoms with E-state index in [0.717, 1.165) is 18.3 Å². The van der Waals surface area contributed by atoms with Gasteiger partial charge in [0, 0.05) is 6.20 Å². The molecule has 0 aliphatic carbocycles. The molecule has 3 nitrogen and oxygen atoms in total. The molecule has 2 rings (SSSR count). The van der Waals surface area contributed by atoms with Crippen molar-refractivity contribution in [3.8, 4) is 11.8 Å². The quantitative estimate of drug-likeness (QED) is 0.771. The predicted molar refractivity (Wildman–Crippen MR) is 61.2 cm³/mol. The van der Waals surface area contributed by atoms with Crippen LogP contribution in [0.5, 0.6) is 11.8 Å². The van der Waals surface area contributed by atoms with Crippen molar-refractivity contribution in [2.24, 2.45) is 0 Å². The highest BCUT2D eigenvalue weighted by Gasteiger charge is 2.33. The van der Waals surface area contributed by atoms with Gasteiger partial charge < -0.3 is 4.74 Å². The second kappa shape index (κ2) is 5.12. The summed E-state index contributed by atoms with van der Waals surface area (Å²) < 4.78 is 55.4. The fraction of sp³-hybridized carbons (Fsp3) is 0.0909. The topological polar surface area (TPSA) is 35.0 Å². The maximum Gasteiger partial charge on any atom is 0.433 e. The van der Waals surface area contributed by atoms with Crippen LogP contribution in [-0.4, -0.2) is 9.97 Å². The van der Waals surface area contributed by atoms with E-state index in [1.807, 2.05) is 0 Å². The maximum absolute atomic E-state index is 13.0. The summed E-state index contributed by atoms with van der Waals surface area (Å²) in [7, 11) is 0. The average Bonchev–Trinajstić information content (AvgIpc) is 2.33. The summed E-state index contributed by atoms with van der Waals surface area (Å²) in [6.45, 7) is 0. The molecule has 0 bridgehead atoms. The largest absolute Gasteiger partial charge is 0.433 e. The molecular weight excluding hydrogens is 332 g/mol. The van der Waals surface area contributed by atoms with Crippen molar-refractivity contribution in [3.05, 3.63) is 46.4 Å². The molecule has 0 spiro atoms. The number of nitrogens with zero attached hydrogens (tertiary/aromatic N) is 2. The van der Waals surface area contributed by atoms with E-state index < -0.39 is 23.7 Å². The van der Waals surface area contributed by atoms with Crippen LogP contribution < -0.4 is 4.74 Å². The number of ether oxygens (including phenoxy) is 1. The summed E-state index contributed by atoms with van der Waals surface area (Å²) in [4.78, 5) is 6.78. The molecule has 0 fully saturated rings. The number of hydrogen-bond donors (Lipinski definition) is 0. The summed E-state index contributed by atoms with van der Waals surface area (Å²) in [5.74, 6) is -0.398. The fourth-order valence-electron chi connectivity index (χ4n) is 1.19. The molecule has 0 atom stereocenters. The fourth-order valence-corrected chi connectivity index (χ4v) is 1.55. The van der Waals surface area contributed by atoms with Gasteiger partial charge in [0.1, 0.15) is 11.6 Å². The molecule has 100 valence electrons. The van der Waals surface area contributed by atoms with Gasteiger partial charge in [-0.05, 0) is 40.2 Å². The Balaban J connectivity index is 2.26. The second-order valence-electron chi connectivity index (χ2n) is 3.40. The van der Waals surface area contributed by atoms with Crippen LogP contribution in [0.4, 0.5) is 17.6 Å². The molecule has 1 heterocycles. The van der Waals surface area contributed by atoms with Gasteiger partial charge in [0.05, 0.1) is 4.47 Å². The zero-order valence-electron chi connectivity index (χ0n) is 9.08. The summed E-state index contributed by atoms with van der Waals surface area (Å²) in [6, 6.07) is 3.89.